The van der Waals surface area contributed by atoms with E-state index in [9.17, 15) is 0 Å². The largest absolute Gasteiger partial charge is 0.397 e. The van der Waals surface area contributed by atoms with E-state index in [0.717, 1.165) is 35.7 Å². The van der Waals surface area contributed by atoms with Gasteiger partial charge in [-0.05, 0) is 56.0 Å². The van der Waals surface area contributed by atoms with Gasteiger partial charge in [-0.15, -0.1) is 0 Å². The van der Waals surface area contributed by atoms with Crippen molar-refractivity contribution < 1.29 is 0 Å². The third-order valence-electron chi connectivity index (χ3n) is 5.14. The highest BCUT2D eigenvalue weighted by Crippen LogP contribution is 2.25. The Balaban J connectivity index is 1.70. The molecule has 6 nitrogen and oxygen atoms in total. The first kappa shape index (κ1) is 18.1. The molecule has 4 rings (SSSR count). The van der Waals surface area contributed by atoms with Crippen molar-refractivity contribution in [1.29, 1.82) is 5.41 Å². The van der Waals surface area contributed by atoms with Crippen LogP contribution < -0.4 is 10.6 Å². The first-order valence-corrected chi connectivity index (χ1v) is 9.61. The summed E-state index contributed by atoms with van der Waals surface area (Å²) in [5.41, 5.74) is 11.0. The second-order valence-corrected chi connectivity index (χ2v) is 7.16. The van der Waals surface area contributed by atoms with Gasteiger partial charge in [0, 0.05) is 36.6 Å². The Labute approximate surface area is 165 Å². The highest BCUT2D eigenvalue weighted by atomic mass is 15.2. The fourth-order valence-electron chi connectivity index (χ4n) is 3.58. The van der Waals surface area contributed by atoms with Gasteiger partial charge < -0.3 is 10.6 Å². The van der Waals surface area contributed by atoms with Crippen LogP contribution in [-0.4, -0.2) is 33.8 Å². The number of rotatable bonds is 4. The number of hydrogen-bond acceptors (Lipinski definition) is 6. The van der Waals surface area contributed by atoms with Gasteiger partial charge in [-0.25, -0.2) is 4.98 Å². The standard InChI is InChI=1S/C22H24N6/c1-15-7-8-19(27-22(15)28-10-3-2-4-11-28)21(24)17-12-20(26-14-18(17)23)16-6-5-9-25-13-16/h5-9,12-14,24H,2-4,10-11,23H2,1H3. The van der Waals surface area contributed by atoms with Gasteiger partial charge in [0.2, 0.25) is 0 Å². The predicted molar refractivity (Wildman–Crippen MR) is 113 cm³/mol. The lowest BCUT2D eigenvalue weighted by atomic mass is 10.0. The van der Waals surface area contributed by atoms with Crippen LogP contribution >= 0.6 is 0 Å². The molecule has 1 aliphatic rings. The second-order valence-electron chi connectivity index (χ2n) is 7.16. The van der Waals surface area contributed by atoms with E-state index in [1.807, 2.05) is 30.3 Å². The van der Waals surface area contributed by atoms with Gasteiger partial charge in [0.05, 0.1) is 29.0 Å². The number of hydrogen-bond donors (Lipinski definition) is 2. The van der Waals surface area contributed by atoms with Gasteiger partial charge in [-0.3, -0.25) is 15.4 Å². The van der Waals surface area contributed by atoms with Crippen LogP contribution in [0.1, 0.15) is 36.1 Å². The Morgan fingerprint density at radius 2 is 1.93 bits per heavy atom. The zero-order chi connectivity index (χ0) is 19.5. The summed E-state index contributed by atoms with van der Waals surface area (Å²) in [4.78, 5) is 15.7. The summed E-state index contributed by atoms with van der Waals surface area (Å²) in [6.45, 7) is 4.12. The summed E-state index contributed by atoms with van der Waals surface area (Å²) in [5, 5.41) is 8.75. The molecule has 142 valence electrons. The topological polar surface area (TPSA) is 91.8 Å². The number of piperidine rings is 1. The highest BCUT2D eigenvalue weighted by molar-refractivity contribution is 6.13. The fourth-order valence-corrected chi connectivity index (χ4v) is 3.58. The molecule has 4 heterocycles. The minimum Gasteiger partial charge on any atom is -0.397 e. The zero-order valence-corrected chi connectivity index (χ0v) is 16.0. The molecular formula is C22H24N6. The molecule has 0 radical (unpaired) electrons. The van der Waals surface area contributed by atoms with Gasteiger partial charge in [-0.2, -0.15) is 0 Å². The van der Waals surface area contributed by atoms with E-state index in [2.05, 4.69) is 21.8 Å². The predicted octanol–water partition coefficient (Wildman–Crippen LogP) is 3.84. The molecule has 0 spiro atoms. The van der Waals surface area contributed by atoms with Crippen LogP contribution in [0.5, 0.6) is 0 Å². The molecule has 0 amide bonds. The third kappa shape index (κ3) is 3.58. The van der Waals surface area contributed by atoms with Crippen LogP contribution in [0.4, 0.5) is 11.5 Å². The Morgan fingerprint density at radius 1 is 1.11 bits per heavy atom. The Morgan fingerprint density at radius 3 is 2.68 bits per heavy atom. The summed E-state index contributed by atoms with van der Waals surface area (Å²) in [6, 6.07) is 9.59. The van der Waals surface area contributed by atoms with E-state index in [-0.39, 0.29) is 0 Å². The maximum atomic E-state index is 8.75. The summed E-state index contributed by atoms with van der Waals surface area (Å²) in [5.74, 6) is 0.974. The van der Waals surface area contributed by atoms with Crippen molar-refractivity contribution in [2.45, 2.75) is 26.2 Å². The molecule has 0 atom stereocenters. The lowest BCUT2D eigenvalue weighted by Gasteiger charge is -2.29. The number of aromatic nitrogens is 3. The smallest absolute Gasteiger partial charge is 0.132 e. The average molecular weight is 372 g/mol. The van der Waals surface area contributed by atoms with E-state index in [4.69, 9.17) is 16.1 Å². The van der Waals surface area contributed by atoms with Crippen LogP contribution in [0.3, 0.4) is 0 Å². The number of aryl methyl sites for hydroxylation is 1. The Kier molecular flexibility index (Phi) is 5.02. The normalized spacial score (nSPS) is 14.1. The van der Waals surface area contributed by atoms with Crippen molar-refractivity contribution in [3.8, 4) is 11.3 Å². The molecule has 0 aliphatic carbocycles. The summed E-state index contributed by atoms with van der Waals surface area (Å²) >= 11 is 0. The van der Waals surface area contributed by atoms with Crippen LogP contribution in [0.25, 0.3) is 11.3 Å². The quantitative estimate of drug-likeness (QED) is 0.679. The van der Waals surface area contributed by atoms with Crippen LogP contribution in [0.2, 0.25) is 0 Å². The number of nitrogens with two attached hydrogens (primary N) is 1. The summed E-state index contributed by atoms with van der Waals surface area (Å²) in [6.07, 6.45) is 8.73. The molecule has 6 heteroatoms. The lowest BCUT2D eigenvalue weighted by molar-refractivity contribution is 0.572. The number of nitrogens with one attached hydrogen (secondary N) is 1. The Hall–Kier alpha value is -3.28. The summed E-state index contributed by atoms with van der Waals surface area (Å²) < 4.78 is 0. The molecule has 28 heavy (non-hydrogen) atoms. The van der Waals surface area contributed by atoms with Crippen molar-refractivity contribution in [3.05, 3.63) is 65.7 Å². The molecule has 1 fully saturated rings. The molecular weight excluding hydrogens is 348 g/mol. The fraction of sp³-hybridized carbons (Fsp3) is 0.273. The van der Waals surface area contributed by atoms with E-state index >= 15 is 0 Å². The second kappa shape index (κ2) is 7.76. The van der Waals surface area contributed by atoms with Crippen molar-refractivity contribution in [2.24, 2.45) is 0 Å². The van der Waals surface area contributed by atoms with Crippen LogP contribution in [0, 0.1) is 12.3 Å². The van der Waals surface area contributed by atoms with Gasteiger partial charge in [0.15, 0.2) is 0 Å². The third-order valence-corrected chi connectivity index (χ3v) is 5.14. The first-order valence-electron chi connectivity index (χ1n) is 9.61. The van der Waals surface area contributed by atoms with Crippen molar-refractivity contribution in [3.63, 3.8) is 0 Å². The van der Waals surface area contributed by atoms with Gasteiger partial charge in [0.25, 0.3) is 0 Å². The van der Waals surface area contributed by atoms with Crippen LogP contribution in [0.15, 0.2) is 48.9 Å². The average Bonchev–Trinajstić information content (AvgIpc) is 2.75. The molecule has 3 N–H and O–H groups in total. The minimum atomic E-state index is 0.309. The van der Waals surface area contributed by atoms with Crippen molar-refractivity contribution in [2.75, 3.05) is 23.7 Å². The van der Waals surface area contributed by atoms with Crippen LogP contribution in [-0.2, 0) is 0 Å². The summed E-state index contributed by atoms with van der Waals surface area (Å²) in [7, 11) is 0. The molecule has 3 aromatic heterocycles. The molecule has 3 aromatic rings. The van der Waals surface area contributed by atoms with E-state index in [1.54, 1.807) is 18.6 Å². The maximum Gasteiger partial charge on any atom is 0.132 e. The van der Waals surface area contributed by atoms with E-state index < -0.39 is 0 Å². The molecule has 0 aromatic carbocycles. The van der Waals surface area contributed by atoms with Crippen molar-refractivity contribution >= 4 is 17.2 Å². The SMILES string of the molecule is Cc1ccc(C(=N)c2cc(-c3cccnc3)ncc2N)nc1N1CCCCC1. The van der Waals surface area contributed by atoms with Gasteiger partial charge in [0.1, 0.15) is 5.82 Å². The van der Waals surface area contributed by atoms with Crippen molar-refractivity contribution in [1.82, 2.24) is 15.0 Å². The number of nitrogen functional groups attached to an aromatic ring is 1. The molecule has 0 unspecified atom stereocenters. The number of anilines is 2. The van der Waals surface area contributed by atoms with E-state index in [0.29, 0.717) is 22.7 Å². The Bertz CT molecular complexity index is 993. The molecule has 1 aliphatic heterocycles. The zero-order valence-electron chi connectivity index (χ0n) is 16.0. The van der Waals surface area contributed by atoms with Gasteiger partial charge >= 0.3 is 0 Å². The molecule has 0 saturated carbocycles. The number of nitrogens with zero attached hydrogens (tertiary/aromatic N) is 4. The molecule has 0 bridgehead atoms. The van der Waals surface area contributed by atoms with E-state index in [1.165, 1.54) is 19.3 Å². The first-order chi connectivity index (χ1) is 13.6. The molecule has 1 saturated heterocycles. The number of pyridine rings is 3. The highest BCUT2D eigenvalue weighted by Gasteiger charge is 2.18. The lowest BCUT2D eigenvalue weighted by Crippen LogP contribution is -2.31. The minimum absolute atomic E-state index is 0.309. The monoisotopic (exact) mass is 372 g/mol. The maximum absolute atomic E-state index is 8.75. The van der Waals surface area contributed by atoms with Gasteiger partial charge in [-0.1, -0.05) is 6.07 Å².